The summed E-state index contributed by atoms with van der Waals surface area (Å²) in [4.78, 5) is 24.5. The molecule has 2 aromatic rings. The molecule has 1 amide bonds. The van der Waals surface area contributed by atoms with Gasteiger partial charge in [0.25, 0.3) is 5.91 Å². The first-order valence-electron chi connectivity index (χ1n) is 9.87. The zero-order valence-electron chi connectivity index (χ0n) is 17.1. The minimum Gasteiger partial charge on any atom is -0.490 e. The molecule has 30 heavy (non-hydrogen) atoms. The number of carbonyl (C=O) groups excluding carboxylic acids is 2. The minimum atomic E-state index is -0.632. The third-order valence-corrected chi connectivity index (χ3v) is 4.14. The van der Waals surface area contributed by atoms with Gasteiger partial charge in [-0.2, -0.15) is 0 Å². The number of nitrogens with one attached hydrogen (secondary N) is 1. The van der Waals surface area contributed by atoms with E-state index in [1.165, 1.54) is 0 Å². The van der Waals surface area contributed by atoms with Gasteiger partial charge in [-0.15, -0.1) is 0 Å². The van der Waals surface area contributed by atoms with Gasteiger partial charge in [0.1, 0.15) is 0 Å². The number of carbonyl (C=O) groups is 2. The molecule has 0 radical (unpaired) electrons. The third kappa shape index (κ3) is 5.56. The van der Waals surface area contributed by atoms with Gasteiger partial charge in [-0.1, -0.05) is 0 Å². The Bertz CT molecular complexity index is 897. The Hall–Kier alpha value is -3.42. The van der Waals surface area contributed by atoms with Crippen molar-refractivity contribution in [2.24, 2.45) is 0 Å². The number of hydrogen-bond donors (Lipinski definition) is 1. The van der Waals surface area contributed by atoms with Gasteiger partial charge in [-0.3, -0.25) is 4.79 Å². The number of amides is 1. The van der Waals surface area contributed by atoms with E-state index >= 15 is 0 Å². The predicted octanol–water partition coefficient (Wildman–Crippen LogP) is 3.44. The van der Waals surface area contributed by atoms with Gasteiger partial charge in [0.05, 0.1) is 32.0 Å². The Kier molecular flexibility index (Phi) is 7.37. The summed E-state index contributed by atoms with van der Waals surface area (Å²) in [5.41, 5.74) is 0.797. The zero-order chi connectivity index (χ0) is 21.3. The molecule has 0 bridgehead atoms. The highest BCUT2D eigenvalue weighted by molar-refractivity contribution is 5.96. The van der Waals surface area contributed by atoms with Crippen LogP contribution in [0.15, 0.2) is 36.4 Å². The lowest BCUT2D eigenvalue weighted by atomic mass is 10.2. The number of anilines is 1. The van der Waals surface area contributed by atoms with E-state index < -0.39 is 18.5 Å². The molecule has 0 aromatic heterocycles. The lowest BCUT2D eigenvalue weighted by Crippen LogP contribution is -2.21. The van der Waals surface area contributed by atoms with E-state index in [-0.39, 0.29) is 5.56 Å². The average molecular weight is 415 g/mol. The zero-order valence-corrected chi connectivity index (χ0v) is 17.1. The maximum atomic E-state index is 12.3. The Morgan fingerprint density at radius 1 is 0.933 bits per heavy atom. The van der Waals surface area contributed by atoms with Gasteiger partial charge in [0, 0.05) is 18.2 Å². The number of rotatable bonds is 8. The molecular weight excluding hydrogens is 390 g/mol. The fraction of sp³-hybridized carbons (Fsp3) is 0.364. The van der Waals surface area contributed by atoms with E-state index in [1.54, 1.807) is 36.4 Å². The van der Waals surface area contributed by atoms with Gasteiger partial charge < -0.3 is 29.0 Å². The topological polar surface area (TPSA) is 92.3 Å². The third-order valence-electron chi connectivity index (χ3n) is 4.14. The molecular formula is C22H25NO7. The summed E-state index contributed by atoms with van der Waals surface area (Å²) in [6, 6.07) is 9.87. The predicted molar refractivity (Wildman–Crippen MR) is 110 cm³/mol. The average Bonchev–Trinajstić information content (AvgIpc) is 2.98. The van der Waals surface area contributed by atoms with Crippen LogP contribution in [0, 0.1) is 0 Å². The lowest BCUT2D eigenvalue weighted by Gasteiger charge is -2.12. The highest BCUT2D eigenvalue weighted by Gasteiger charge is 2.16. The van der Waals surface area contributed by atoms with Gasteiger partial charge in [-0.05, 0) is 44.2 Å². The summed E-state index contributed by atoms with van der Waals surface area (Å²) in [7, 11) is 0. The molecule has 0 atom stereocenters. The highest BCUT2D eigenvalue weighted by atomic mass is 16.5. The largest absolute Gasteiger partial charge is 0.490 e. The van der Waals surface area contributed by atoms with Crippen molar-refractivity contribution in [3.8, 4) is 23.0 Å². The van der Waals surface area contributed by atoms with Crippen LogP contribution in [0.2, 0.25) is 0 Å². The van der Waals surface area contributed by atoms with Crippen molar-refractivity contribution < 1.29 is 33.3 Å². The number of fused-ring (bicyclic) bond motifs is 1. The van der Waals surface area contributed by atoms with Gasteiger partial charge in [-0.25, -0.2) is 4.79 Å². The quantitative estimate of drug-likeness (QED) is 0.660. The standard InChI is InChI=1S/C22H25NO7/c1-3-26-17-8-6-15(12-19(17)27-4-2)22(25)30-14-21(24)23-16-7-9-18-20(13-16)29-11-5-10-28-18/h6-9,12-13H,3-5,10-11,14H2,1-2H3,(H,23,24). The van der Waals surface area contributed by atoms with E-state index in [0.29, 0.717) is 55.1 Å². The molecule has 160 valence electrons. The molecule has 1 heterocycles. The molecule has 0 aliphatic carbocycles. The van der Waals surface area contributed by atoms with E-state index in [4.69, 9.17) is 23.7 Å². The second-order valence-electron chi connectivity index (χ2n) is 6.36. The minimum absolute atomic E-state index is 0.269. The normalized spacial score (nSPS) is 12.5. The molecule has 3 rings (SSSR count). The van der Waals surface area contributed by atoms with E-state index in [0.717, 1.165) is 6.42 Å². The molecule has 8 nitrogen and oxygen atoms in total. The van der Waals surface area contributed by atoms with Crippen molar-refractivity contribution in [1.82, 2.24) is 0 Å². The number of esters is 1. The number of benzene rings is 2. The Morgan fingerprint density at radius 2 is 1.67 bits per heavy atom. The summed E-state index contributed by atoms with van der Waals surface area (Å²) >= 11 is 0. The van der Waals surface area contributed by atoms with Crippen molar-refractivity contribution in [2.45, 2.75) is 20.3 Å². The first-order chi connectivity index (χ1) is 14.6. The molecule has 0 saturated carbocycles. The first kappa shape index (κ1) is 21.3. The SMILES string of the molecule is CCOc1ccc(C(=O)OCC(=O)Nc2ccc3c(c2)OCCCO3)cc1OCC. The molecule has 0 saturated heterocycles. The molecule has 8 heteroatoms. The summed E-state index contributed by atoms with van der Waals surface area (Å²) in [5, 5.41) is 2.68. The van der Waals surface area contributed by atoms with E-state index in [2.05, 4.69) is 5.32 Å². The molecule has 0 fully saturated rings. The fourth-order valence-electron chi connectivity index (χ4n) is 2.83. The smallest absolute Gasteiger partial charge is 0.338 e. The molecule has 1 N–H and O–H groups in total. The maximum Gasteiger partial charge on any atom is 0.338 e. The van der Waals surface area contributed by atoms with Crippen LogP contribution in [0.25, 0.3) is 0 Å². The molecule has 1 aliphatic rings. The fourth-order valence-corrected chi connectivity index (χ4v) is 2.83. The molecule has 2 aromatic carbocycles. The van der Waals surface area contributed by atoms with Crippen LogP contribution in [0.1, 0.15) is 30.6 Å². The first-order valence-corrected chi connectivity index (χ1v) is 9.87. The second-order valence-corrected chi connectivity index (χ2v) is 6.36. The molecule has 1 aliphatic heterocycles. The number of ether oxygens (including phenoxy) is 5. The summed E-state index contributed by atoms with van der Waals surface area (Å²) < 4.78 is 27.3. The molecule has 0 unspecified atom stereocenters. The van der Waals surface area contributed by atoms with Gasteiger partial charge >= 0.3 is 5.97 Å². The van der Waals surface area contributed by atoms with Crippen LogP contribution in [-0.2, 0) is 9.53 Å². The van der Waals surface area contributed by atoms with Crippen molar-refractivity contribution in [3.05, 3.63) is 42.0 Å². The van der Waals surface area contributed by atoms with Gasteiger partial charge in [0.15, 0.2) is 29.6 Å². The Balaban J connectivity index is 1.57. The van der Waals surface area contributed by atoms with Crippen molar-refractivity contribution in [1.29, 1.82) is 0 Å². The van der Waals surface area contributed by atoms with Gasteiger partial charge in [0.2, 0.25) is 0 Å². The van der Waals surface area contributed by atoms with E-state index in [9.17, 15) is 9.59 Å². The van der Waals surface area contributed by atoms with Crippen LogP contribution < -0.4 is 24.3 Å². The number of hydrogen-bond acceptors (Lipinski definition) is 7. The highest BCUT2D eigenvalue weighted by Crippen LogP contribution is 2.32. The van der Waals surface area contributed by atoms with Crippen LogP contribution in [0.4, 0.5) is 5.69 Å². The van der Waals surface area contributed by atoms with Crippen LogP contribution in [-0.4, -0.2) is 44.9 Å². The summed E-state index contributed by atoms with van der Waals surface area (Å²) in [5.74, 6) is 1.10. The summed E-state index contributed by atoms with van der Waals surface area (Å²) in [6.45, 7) is 5.31. The van der Waals surface area contributed by atoms with Crippen LogP contribution in [0.5, 0.6) is 23.0 Å². The van der Waals surface area contributed by atoms with Crippen LogP contribution in [0.3, 0.4) is 0 Å². The second kappa shape index (κ2) is 10.4. The Morgan fingerprint density at radius 3 is 2.43 bits per heavy atom. The van der Waals surface area contributed by atoms with Crippen molar-refractivity contribution >= 4 is 17.6 Å². The maximum absolute atomic E-state index is 12.3. The monoisotopic (exact) mass is 415 g/mol. The van der Waals surface area contributed by atoms with Crippen molar-refractivity contribution in [2.75, 3.05) is 38.4 Å². The van der Waals surface area contributed by atoms with Crippen LogP contribution >= 0.6 is 0 Å². The van der Waals surface area contributed by atoms with E-state index in [1.807, 2.05) is 13.8 Å². The van der Waals surface area contributed by atoms with Crippen molar-refractivity contribution in [3.63, 3.8) is 0 Å². The Labute approximate surface area is 175 Å². The lowest BCUT2D eigenvalue weighted by molar-refractivity contribution is -0.119. The molecule has 0 spiro atoms. The summed E-state index contributed by atoms with van der Waals surface area (Å²) in [6.07, 6.45) is 0.795.